The highest BCUT2D eigenvalue weighted by atomic mass is 16.6. The second-order valence-electron chi connectivity index (χ2n) is 3.19. The summed E-state index contributed by atoms with van der Waals surface area (Å²) in [5.74, 6) is -1.83. The Hall–Kier alpha value is -0.240. The monoisotopic (exact) mass is 193 g/mol. The molecule has 1 aliphatic heterocycles. The number of rotatable bonds is 2. The number of hydrogen-bond acceptors (Lipinski definition) is 6. The molecule has 5 N–H and O–H groups in total. The summed E-state index contributed by atoms with van der Waals surface area (Å²) >= 11 is 0. The molecule has 1 rings (SSSR count). The molecule has 0 aliphatic carbocycles. The lowest BCUT2D eigenvalue weighted by Gasteiger charge is -2.41. The van der Waals surface area contributed by atoms with Gasteiger partial charge in [0.05, 0.1) is 13.2 Å². The van der Waals surface area contributed by atoms with E-state index in [2.05, 4.69) is 5.32 Å². The Labute approximate surface area is 75.8 Å². The maximum absolute atomic E-state index is 9.62. The Morgan fingerprint density at radius 3 is 2.62 bits per heavy atom. The molecular formula is C7H15NO5. The van der Waals surface area contributed by atoms with E-state index in [1.807, 2.05) is 0 Å². The molecule has 0 aromatic carbocycles. The summed E-state index contributed by atoms with van der Waals surface area (Å²) in [4.78, 5) is 0. The third-order valence-corrected chi connectivity index (χ3v) is 2.11. The Balaban J connectivity index is 2.67. The zero-order valence-corrected chi connectivity index (χ0v) is 7.34. The molecule has 1 heterocycles. The molecule has 6 heteroatoms. The second-order valence-corrected chi connectivity index (χ2v) is 3.19. The minimum atomic E-state index is -1.83. The van der Waals surface area contributed by atoms with Gasteiger partial charge in [-0.3, -0.25) is 0 Å². The smallest absolute Gasteiger partial charge is 0.207 e. The van der Waals surface area contributed by atoms with Crippen LogP contribution in [0, 0.1) is 0 Å². The van der Waals surface area contributed by atoms with Gasteiger partial charge in [0, 0.05) is 0 Å². The van der Waals surface area contributed by atoms with Crippen molar-refractivity contribution in [1.82, 2.24) is 5.32 Å². The first-order valence-electron chi connectivity index (χ1n) is 4.06. The molecule has 0 saturated carbocycles. The van der Waals surface area contributed by atoms with Gasteiger partial charge in [0.2, 0.25) is 5.79 Å². The van der Waals surface area contributed by atoms with Crippen LogP contribution in [0.1, 0.15) is 0 Å². The van der Waals surface area contributed by atoms with Crippen LogP contribution in [-0.4, -0.2) is 64.7 Å². The normalized spacial score (nSPS) is 46.4. The zero-order chi connectivity index (χ0) is 10.1. The van der Waals surface area contributed by atoms with Crippen molar-refractivity contribution in [2.75, 3.05) is 20.2 Å². The van der Waals surface area contributed by atoms with E-state index in [4.69, 9.17) is 9.84 Å². The van der Waals surface area contributed by atoms with Crippen LogP contribution in [0.3, 0.4) is 0 Å². The first-order valence-corrected chi connectivity index (χ1v) is 4.06. The van der Waals surface area contributed by atoms with E-state index in [0.29, 0.717) is 0 Å². The molecule has 0 radical (unpaired) electrons. The Bertz CT molecular complexity index is 178. The van der Waals surface area contributed by atoms with E-state index in [9.17, 15) is 15.3 Å². The summed E-state index contributed by atoms with van der Waals surface area (Å²) in [6, 6.07) is 0. The molecule has 0 spiro atoms. The predicted molar refractivity (Wildman–Crippen MR) is 42.8 cm³/mol. The Kier molecular flexibility index (Phi) is 3.23. The van der Waals surface area contributed by atoms with Crippen LogP contribution in [0.4, 0.5) is 0 Å². The van der Waals surface area contributed by atoms with Crippen LogP contribution >= 0.6 is 0 Å². The first-order chi connectivity index (χ1) is 6.01. The third-order valence-electron chi connectivity index (χ3n) is 2.11. The zero-order valence-electron chi connectivity index (χ0n) is 7.34. The SMILES string of the molecule is CNC[C@@]1(O)OC[C@@H](O)[C@@H](O)[C@@H]1O. The maximum atomic E-state index is 9.62. The van der Waals surface area contributed by atoms with Crippen molar-refractivity contribution in [3.63, 3.8) is 0 Å². The summed E-state index contributed by atoms with van der Waals surface area (Å²) in [7, 11) is 1.57. The first kappa shape index (κ1) is 10.8. The number of aliphatic hydroxyl groups excluding tert-OH is 3. The summed E-state index contributed by atoms with van der Waals surface area (Å²) < 4.78 is 4.83. The average molecular weight is 193 g/mol. The van der Waals surface area contributed by atoms with Crippen LogP contribution in [0.5, 0.6) is 0 Å². The van der Waals surface area contributed by atoms with Gasteiger partial charge in [-0.25, -0.2) is 0 Å². The van der Waals surface area contributed by atoms with Crippen LogP contribution in [0.15, 0.2) is 0 Å². The molecule has 0 amide bonds. The molecule has 6 nitrogen and oxygen atoms in total. The van der Waals surface area contributed by atoms with Crippen molar-refractivity contribution in [1.29, 1.82) is 0 Å². The molecule has 0 aromatic heterocycles. The highest BCUT2D eigenvalue weighted by molar-refractivity contribution is 4.92. The van der Waals surface area contributed by atoms with Gasteiger partial charge in [0.1, 0.15) is 18.3 Å². The molecule has 1 saturated heterocycles. The number of aliphatic hydroxyl groups is 4. The fraction of sp³-hybridized carbons (Fsp3) is 1.00. The highest BCUT2D eigenvalue weighted by Gasteiger charge is 2.47. The second kappa shape index (κ2) is 3.87. The number of likely N-dealkylation sites (N-methyl/N-ethyl adjacent to an activating group) is 1. The van der Waals surface area contributed by atoms with E-state index in [1.165, 1.54) is 0 Å². The van der Waals surface area contributed by atoms with Crippen molar-refractivity contribution in [3.05, 3.63) is 0 Å². The molecule has 0 bridgehead atoms. The third kappa shape index (κ3) is 1.98. The van der Waals surface area contributed by atoms with Gasteiger partial charge < -0.3 is 30.5 Å². The van der Waals surface area contributed by atoms with Gasteiger partial charge in [-0.1, -0.05) is 0 Å². The van der Waals surface area contributed by atoms with Crippen molar-refractivity contribution in [2.24, 2.45) is 0 Å². The van der Waals surface area contributed by atoms with Crippen molar-refractivity contribution >= 4 is 0 Å². The molecule has 0 unspecified atom stereocenters. The van der Waals surface area contributed by atoms with E-state index >= 15 is 0 Å². The predicted octanol–water partition coefficient (Wildman–Crippen LogP) is -2.99. The van der Waals surface area contributed by atoms with E-state index in [0.717, 1.165) is 0 Å². The minimum absolute atomic E-state index is 0.0159. The van der Waals surface area contributed by atoms with Crippen molar-refractivity contribution < 1.29 is 25.2 Å². The van der Waals surface area contributed by atoms with E-state index < -0.39 is 24.1 Å². The topological polar surface area (TPSA) is 102 Å². The summed E-state index contributed by atoms with van der Waals surface area (Å²) in [6.07, 6.45) is -4.05. The van der Waals surface area contributed by atoms with Gasteiger partial charge in [0.15, 0.2) is 0 Å². The van der Waals surface area contributed by atoms with Gasteiger partial charge in [-0.2, -0.15) is 0 Å². The van der Waals surface area contributed by atoms with E-state index in [-0.39, 0.29) is 13.2 Å². The van der Waals surface area contributed by atoms with Gasteiger partial charge >= 0.3 is 0 Å². The van der Waals surface area contributed by atoms with Crippen LogP contribution in [0.25, 0.3) is 0 Å². The van der Waals surface area contributed by atoms with E-state index in [1.54, 1.807) is 7.05 Å². The van der Waals surface area contributed by atoms with Crippen molar-refractivity contribution in [2.45, 2.75) is 24.1 Å². The summed E-state index contributed by atoms with van der Waals surface area (Å²) in [5.41, 5.74) is 0. The number of nitrogens with one attached hydrogen (secondary N) is 1. The molecule has 1 fully saturated rings. The number of hydrogen-bond donors (Lipinski definition) is 5. The molecule has 78 valence electrons. The highest BCUT2D eigenvalue weighted by Crippen LogP contribution is 2.22. The molecule has 13 heavy (non-hydrogen) atoms. The fourth-order valence-corrected chi connectivity index (χ4v) is 1.30. The standard InChI is InChI=1S/C7H15NO5/c1-8-3-7(12)6(11)5(10)4(9)2-13-7/h4-6,8-12H,2-3H2,1H3/t4-,5-,6+,7-/m1/s1. The van der Waals surface area contributed by atoms with Crippen LogP contribution in [-0.2, 0) is 4.74 Å². The lowest BCUT2D eigenvalue weighted by atomic mass is 9.97. The molecule has 4 atom stereocenters. The van der Waals surface area contributed by atoms with Crippen LogP contribution < -0.4 is 5.32 Å². The number of ether oxygens (including phenoxy) is 1. The molecule has 1 aliphatic rings. The summed E-state index contributed by atoms with van der Waals surface area (Å²) in [5, 5.41) is 39.9. The quantitative estimate of drug-likeness (QED) is 0.320. The Morgan fingerprint density at radius 2 is 2.08 bits per heavy atom. The summed E-state index contributed by atoms with van der Waals surface area (Å²) in [6.45, 7) is -0.214. The fourth-order valence-electron chi connectivity index (χ4n) is 1.30. The van der Waals surface area contributed by atoms with Gasteiger partial charge in [0.25, 0.3) is 0 Å². The maximum Gasteiger partial charge on any atom is 0.207 e. The lowest BCUT2D eigenvalue weighted by molar-refractivity contribution is -0.317. The van der Waals surface area contributed by atoms with Crippen LogP contribution in [0.2, 0.25) is 0 Å². The van der Waals surface area contributed by atoms with Gasteiger partial charge in [-0.05, 0) is 7.05 Å². The van der Waals surface area contributed by atoms with Crippen molar-refractivity contribution in [3.8, 4) is 0 Å². The average Bonchev–Trinajstić information content (AvgIpc) is 2.10. The molecular weight excluding hydrogens is 178 g/mol. The Morgan fingerprint density at radius 1 is 1.46 bits per heavy atom. The van der Waals surface area contributed by atoms with Gasteiger partial charge in [-0.15, -0.1) is 0 Å². The lowest BCUT2D eigenvalue weighted by Crippen LogP contribution is -2.64. The molecule has 0 aromatic rings. The minimum Gasteiger partial charge on any atom is -0.388 e. The largest absolute Gasteiger partial charge is 0.388 e.